The van der Waals surface area contributed by atoms with E-state index in [0.717, 1.165) is 5.56 Å². The summed E-state index contributed by atoms with van der Waals surface area (Å²) in [5, 5.41) is 2.51. The molecular weight excluding hydrogens is 240 g/mol. The Morgan fingerprint density at radius 3 is 2.47 bits per heavy atom. The zero-order valence-electron chi connectivity index (χ0n) is 9.00. The number of primary amides is 1. The standard InChI is InChI=1S/C12H11ClN2O2/c13-8-11(16)15-7-1-2-9-3-5-10(6-4-9)12(14)17/h3-6H,7-8H2,(H2,14,17)(H,15,16). The van der Waals surface area contributed by atoms with Gasteiger partial charge in [0.15, 0.2) is 0 Å². The van der Waals surface area contributed by atoms with Crippen molar-refractivity contribution in [3.8, 4) is 11.8 Å². The molecule has 5 heteroatoms. The highest BCUT2D eigenvalue weighted by Gasteiger charge is 1.97. The van der Waals surface area contributed by atoms with E-state index in [0.29, 0.717) is 5.56 Å². The summed E-state index contributed by atoms with van der Waals surface area (Å²) in [6.45, 7) is 0.239. The molecule has 2 amide bonds. The lowest BCUT2D eigenvalue weighted by atomic mass is 10.1. The van der Waals surface area contributed by atoms with Crippen LogP contribution in [0.5, 0.6) is 0 Å². The summed E-state index contributed by atoms with van der Waals surface area (Å²) in [5.41, 5.74) is 6.28. The van der Waals surface area contributed by atoms with E-state index in [1.807, 2.05) is 0 Å². The highest BCUT2D eigenvalue weighted by molar-refractivity contribution is 6.27. The topological polar surface area (TPSA) is 72.2 Å². The van der Waals surface area contributed by atoms with Gasteiger partial charge in [0.2, 0.25) is 11.8 Å². The first-order valence-corrected chi connectivity index (χ1v) is 5.38. The van der Waals surface area contributed by atoms with Crippen LogP contribution >= 0.6 is 11.6 Å². The molecule has 0 aliphatic carbocycles. The summed E-state index contributed by atoms with van der Waals surface area (Å²) in [7, 11) is 0. The molecule has 0 aromatic heterocycles. The summed E-state index contributed by atoms with van der Waals surface area (Å²) in [6, 6.07) is 6.58. The molecule has 88 valence electrons. The van der Waals surface area contributed by atoms with Gasteiger partial charge in [-0.1, -0.05) is 11.8 Å². The number of nitrogens with one attached hydrogen (secondary N) is 1. The Hall–Kier alpha value is -1.99. The minimum absolute atomic E-state index is 0.0744. The summed E-state index contributed by atoms with van der Waals surface area (Å²) >= 11 is 5.29. The van der Waals surface area contributed by atoms with Gasteiger partial charge >= 0.3 is 0 Å². The van der Waals surface area contributed by atoms with Gasteiger partial charge in [-0.3, -0.25) is 9.59 Å². The molecule has 0 heterocycles. The van der Waals surface area contributed by atoms with E-state index in [1.165, 1.54) is 0 Å². The molecule has 0 spiro atoms. The second kappa shape index (κ2) is 6.56. The van der Waals surface area contributed by atoms with Gasteiger partial charge in [0.25, 0.3) is 0 Å². The van der Waals surface area contributed by atoms with Crippen LogP contribution < -0.4 is 11.1 Å². The minimum Gasteiger partial charge on any atom is -0.366 e. The number of halogens is 1. The largest absolute Gasteiger partial charge is 0.366 e. The van der Waals surface area contributed by atoms with Gasteiger partial charge < -0.3 is 11.1 Å². The molecule has 4 nitrogen and oxygen atoms in total. The number of alkyl halides is 1. The highest BCUT2D eigenvalue weighted by Crippen LogP contribution is 2.01. The van der Waals surface area contributed by atoms with E-state index in [1.54, 1.807) is 24.3 Å². The van der Waals surface area contributed by atoms with Crippen LogP contribution in [0.15, 0.2) is 24.3 Å². The first kappa shape index (κ1) is 13.1. The molecule has 0 aliphatic rings. The van der Waals surface area contributed by atoms with E-state index in [-0.39, 0.29) is 18.3 Å². The lowest BCUT2D eigenvalue weighted by molar-refractivity contribution is -0.118. The van der Waals surface area contributed by atoms with Gasteiger partial charge in [0.1, 0.15) is 5.88 Å². The van der Waals surface area contributed by atoms with Gasteiger partial charge in [-0.2, -0.15) is 0 Å². The smallest absolute Gasteiger partial charge is 0.248 e. The maximum Gasteiger partial charge on any atom is 0.248 e. The fraction of sp³-hybridized carbons (Fsp3) is 0.167. The molecule has 0 atom stereocenters. The molecular formula is C12H11ClN2O2. The van der Waals surface area contributed by atoms with Gasteiger partial charge in [-0.15, -0.1) is 11.6 Å². The third kappa shape index (κ3) is 4.58. The fourth-order valence-corrected chi connectivity index (χ4v) is 1.15. The van der Waals surface area contributed by atoms with Crippen LogP contribution in [-0.2, 0) is 4.79 Å². The Bertz CT molecular complexity index is 472. The number of carbonyl (C=O) groups is 2. The van der Waals surface area contributed by atoms with Crippen molar-refractivity contribution in [2.45, 2.75) is 0 Å². The molecule has 1 rings (SSSR count). The first-order valence-electron chi connectivity index (χ1n) is 4.85. The number of rotatable bonds is 3. The predicted octanol–water partition coefficient (Wildman–Crippen LogP) is 0.492. The van der Waals surface area contributed by atoms with Crippen molar-refractivity contribution in [3.63, 3.8) is 0 Å². The van der Waals surface area contributed by atoms with E-state index in [4.69, 9.17) is 17.3 Å². The Balaban J connectivity index is 2.55. The Morgan fingerprint density at radius 2 is 1.94 bits per heavy atom. The van der Waals surface area contributed by atoms with Crippen molar-refractivity contribution in [1.29, 1.82) is 0 Å². The first-order chi connectivity index (χ1) is 8.13. The van der Waals surface area contributed by atoms with Crippen molar-refractivity contribution in [1.82, 2.24) is 5.32 Å². The van der Waals surface area contributed by atoms with Crippen LogP contribution in [0.3, 0.4) is 0 Å². The summed E-state index contributed by atoms with van der Waals surface area (Å²) < 4.78 is 0. The normalized spacial score (nSPS) is 9.00. The molecule has 0 radical (unpaired) electrons. The zero-order valence-corrected chi connectivity index (χ0v) is 9.75. The van der Waals surface area contributed by atoms with Gasteiger partial charge in [0.05, 0.1) is 6.54 Å². The Labute approximate surface area is 104 Å². The van der Waals surface area contributed by atoms with Crippen LogP contribution in [0.1, 0.15) is 15.9 Å². The SMILES string of the molecule is NC(=O)c1ccc(C#CCNC(=O)CCl)cc1. The number of carbonyl (C=O) groups excluding carboxylic acids is 2. The second-order valence-electron chi connectivity index (χ2n) is 3.15. The van der Waals surface area contributed by atoms with E-state index in [9.17, 15) is 9.59 Å². The maximum atomic E-state index is 10.8. The Kier molecular flexibility index (Phi) is 5.05. The monoisotopic (exact) mass is 250 g/mol. The van der Waals surface area contributed by atoms with Crippen molar-refractivity contribution in [2.75, 3.05) is 12.4 Å². The van der Waals surface area contributed by atoms with Crippen molar-refractivity contribution in [3.05, 3.63) is 35.4 Å². The molecule has 3 N–H and O–H groups in total. The van der Waals surface area contributed by atoms with Crippen LogP contribution in [0, 0.1) is 11.8 Å². The summed E-state index contributed by atoms with van der Waals surface area (Å²) in [6.07, 6.45) is 0. The molecule has 0 saturated heterocycles. The van der Waals surface area contributed by atoms with Crippen LogP contribution in [0.2, 0.25) is 0 Å². The lowest BCUT2D eigenvalue weighted by Gasteiger charge is -1.95. The molecule has 0 saturated carbocycles. The number of amides is 2. The van der Waals surface area contributed by atoms with E-state index < -0.39 is 5.91 Å². The second-order valence-corrected chi connectivity index (χ2v) is 3.42. The van der Waals surface area contributed by atoms with Crippen molar-refractivity contribution >= 4 is 23.4 Å². The number of hydrogen-bond acceptors (Lipinski definition) is 2. The van der Waals surface area contributed by atoms with Crippen molar-refractivity contribution in [2.24, 2.45) is 5.73 Å². The highest BCUT2D eigenvalue weighted by atomic mass is 35.5. The molecule has 1 aromatic rings. The third-order valence-electron chi connectivity index (χ3n) is 1.90. The quantitative estimate of drug-likeness (QED) is 0.605. The average Bonchev–Trinajstić information content (AvgIpc) is 2.34. The third-order valence-corrected chi connectivity index (χ3v) is 2.14. The summed E-state index contributed by atoms with van der Waals surface area (Å²) in [5.74, 6) is 4.78. The average molecular weight is 251 g/mol. The fourth-order valence-electron chi connectivity index (χ4n) is 1.05. The maximum absolute atomic E-state index is 10.8. The van der Waals surface area contributed by atoms with Crippen LogP contribution in [-0.4, -0.2) is 24.2 Å². The zero-order chi connectivity index (χ0) is 12.7. The van der Waals surface area contributed by atoms with Gasteiger partial charge in [-0.25, -0.2) is 0 Å². The predicted molar refractivity (Wildman–Crippen MR) is 65.6 cm³/mol. The number of nitrogens with two attached hydrogens (primary N) is 1. The number of benzene rings is 1. The van der Waals surface area contributed by atoms with E-state index in [2.05, 4.69) is 17.2 Å². The lowest BCUT2D eigenvalue weighted by Crippen LogP contribution is -2.24. The molecule has 0 bridgehead atoms. The van der Waals surface area contributed by atoms with Gasteiger partial charge in [-0.05, 0) is 24.3 Å². The molecule has 0 aliphatic heterocycles. The van der Waals surface area contributed by atoms with E-state index >= 15 is 0 Å². The van der Waals surface area contributed by atoms with Gasteiger partial charge in [0, 0.05) is 11.1 Å². The van der Waals surface area contributed by atoms with Crippen LogP contribution in [0.4, 0.5) is 0 Å². The Morgan fingerprint density at radius 1 is 1.29 bits per heavy atom. The van der Waals surface area contributed by atoms with Crippen LogP contribution in [0.25, 0.3) is 0 Å². The molecule has 17 heavy (non-hydrogen) atoms. The number of hydrogen-bond donors (Lipinski definition) is 2. The summed E-state index contributed by atoms with van der Waals surface area (Å²) in [4.78, 5) is 21.6. The van der Waals surface area contributed by atoms with Crippen molar-refractivity contribution < 1.29 is 9.59 Å². The molecule has 0 fully saturated rings. The molecule has 0 unspecified atom stereocenters. The molecule has 1 aromatic carbocycles. The minimum atomic E-state index is -0.473.